The molecule has 0 amide bonds. The highest BCUT2D eigenvalue weighted by molar-refractivity contribution is 6.76. The van der Waals surface area contributed by atoms with Crippen molar-refractivity contribution in [1.82, 2.24) is 6.15 Å². The van der Waals surface area contributed by atoms with E-state index in [0.717, 1.165) is 6.61 Å². The molecule has 3 N–H and O–H groups in total. The molecule has 0 saturated carbocycles. The quantitative estimate of drug-likeness (QED) is 0.621. The van der Waals surface area contributed by atoms with Crippen LogP contribution in [0.2, 0.25) is 13.1 Å². The van der Waals surface area contributed by atoms with Gasteiger partial charge < -0.3 is 10.6 Å². The van der Waals surface area contributed by atoms with E-state index in [1.807, 2.05) is 12.6 Å². The average Bonchev–Trinajstić information content (AvgIpc) is 1.67. The van der Waals surface area contributed by atoms with E-state index in [4.69, 9.17) is 4.43 Å². The van der Waals surface area contributed by atoms with E-state index >= 15 is 0 Å². The topological polar surface area (TPSA) is 44.2 Å². The summed E-state index contributed by atoms with van der Waals surface area (Å²) in [7, 11) is -1.41. The first-order valence-corrected chi connectivity index (χ1v) is 5.88. The third kappa shape index (κ3) is 5.75. The van der Waals surface area contributed by atoms with Crippen LogP contribution in [0.1, 0.15) is 6.92 Å². The molecule has 0 aromatic heterocycles. The SMILES string of the molecule is C=C[Si](C)(C)OCC.N. The van der Waals surface area contributed by atoms with Gasteiger partial charge in [0.25, 0.3) is 0 Å². The molecule has 0 aliphatic heterocycles. The van der Waals surface area contributed by atoms with Crippen molar-refractivity contribution in [2.24, 2.45) is 0 Å². The van der Waals surface area contributed by atoms with Gasteiger partial charge in [-0.2, -0.15) is 0 Å². The van der Waals surface area contributed by atoms with E-state index in [0.29, 0.717) is 0 Å². The normalized spacial score (nSPS) is 10.1. The maximum absolute atomic E-state index is 5.40. The molecule has 0 radical (unpaired) electrons. The highest BCUT2D eigenvalue weighted by Crippen LogP contribution is 2.02. The van der Waals surface area contributed by atoms with E-state index in [2.05, 4.69) is 19.7 Å². The Labute approximate surface area is 58.6 Å². The van der Waals surface area contributed by atoms with Crippen molar-refractivity contribution >= 4 is 8.32 Å². The molecule has 0 spiro atoms. The first-order chi connectivity index (χ1) is 3.62. The highest BCUT2D eigenvalue weighted by Gasteiger charge is 2.14. The predicted molar refractivity (Wildman–Crippen MR) is 44.3 cm³/mol. The van der Waals surface area contributed by atoms with Crippen molar-refractivity contribution in [2.45, 2.75) is 20.0 Å². The van der Waals surface area contributed by atoms with Gasteiger partial charge in [-0.3, -0.25) is 0 Å². The Morgan fingerprint density at radius 3 is 2.11 bits per heavy atom. The molecule has 3 heteroatoms. The molecule has 56 valence electrons. The molecule has 0 atom stereocenters. The third-order valence-corrected chi connectivity index (χ3v) is 3.02. The van der Waals surface area contributed by atoms with Gasteiger partial charge >= 0.3 is 0 Å². The Morgan fingerprint density at radius 1 is 1.56 bits per heavy atom. The predicted octanol–water partition coefficient (Wildman–Crippen LogP) is 2.12. The molecule has 0 aliphatic carbocycles. The lowest BCUT2D eigenvalue weighted by atomic mass is 10.9. The van der Waals surface area contributed by atoms with Crippen molar-refractivity contribution in [2.75, 3.05) is 6.61 Å². The van der Waals surface area contributed by atoms with Crippen LogP contribution >= 0.6 is 0 Å². The Kier molecular flexibility index (Phi) is 6.12. The molecular formula is C6H17NOSi. The van der Waals surface area contributed by atoms with E-state index in [-0.39, 0.29) is 6.15 Å². The van der Waals surface area contributed by atoms with Gasteiger partial charge in [-0.1, -0.05) is 5.70 Å². The smallest absolute Gasteiger partial charge is 0.210 e. The van der Waals surface area contributed by atoms with Gasteiger partial charge in [-0.15, -0.1) is 6.58 Å². The second-order valence-electron chi connectivity index (χ2n) is 2.24. The van der Waals surface area contributed by atoms with Crippen molar-refractivity contribution < 1.29 is 4.43 Å². The summed E-state index contributed by atoms with van der Waals surface area (Å²) in [6.07, 6.45) is 0. The number of hydrogen-bond donors (Lipinski definition) is 1. The Morgan fingerprint density at radius 2 is 2.00 bits per heavy atom. The van der Waals surface area contributed by atoms with Gasteiger partial charge in [-0.25, -0.2) is 0 Å². The molecule has 0 rings (SSSR count). The van der Waals surface area contributed by atoms with E-state index in [1.54, 1.807) is 0 Å². The van der Waals surface area contributed by atoms with Crippen LogP contribution in [0.15, 0.2) is 12.3 Å². The summed E-state index contributed by atoms with van der Waals surface area (Å²) < 4.78 is 5.40. The van der Waals surface area contributed by atoms with E-state index < -0.39 is 8.32 Å². The number of rotatable bonds is 3. The van der Waals surface area contributed by atoms with Crippen LogP contribution in [0.25, 0.3) is 0 Å². The van der Waals surface area contributed by atoms with Crippen LogP contribution in [0.3, 0.4) is 0 Å². The zero-order valence-corrected chi connectivity index (χ0v) is 7.61. The second-order valence-corrected chi connectivity index (χ2v) is 6.14. The van der Waals surface area contributed by atoms with Gasteiger partial charge in [0.05, 0.1) is 0 Å². The zero-order chi connectivity index (χ0) is 6.62. The van der Waals surface area contributed by atoms with Crippen molar-refractivity contribution in [3.63, 3.8) is 0 Å². The third-order valence-electron chi connectivity index (χ3n) is 1.01. The minimum absolute atomic E-state index is 0. The van der Waals surface area contributed by atoms with E-state index in [9.17, 15) is 0 Å². The molecule has 0 aromatic carbocycles. The van der Waals surface area contributed by atoms with Gasteiger partial charge in [0.2, 0.25) is 8.32 Å². The van der Waals surface area contributed by atoms with Crippen molar-refractivity contribution in [3.8, 4) is 0 Å². The summed E-state index contributed by atoms with van der Waals surface area (Å²) in [6, 6.07) is 0. The molecule has 0 unspecified atom stereocenters. The first kappa shape index (κ1) is 11.6. The standard InChI is InChI=1S/C6H14OSi.H3N/c1-5-7-8(3,4)6-2;/h6H,2,5H2,1,3-4H3;1H3. The van der Waals surface area contributed by atoms with Crippen molar-refractivity contribution in [3.05, 3.63) is 12.3 Å². The molecule has 0 heterocycles. The molecule has 0 aromatic rings. The van der Waals surface area contributed by atoms with Crippen LogP contribution in [0, 0.1) is 0 Å². The van der Waals surface area contributed by atoms with Gasteiger partial charge in [0.1, 0.15) is 0 Å². The minimum Gasteiger partial charge on any atom is -0.414 e. The maximum Gasteiger partial charge on any atom is 0.210 e. The van der Waals surface area contributed by atoms with E-state index in [1.165, 1.54) is 0 Å². The lowest BCUT2D eigenvalue weighted by Crippen LogP contribution is -2.27. The summed E-state index contributed by atoms with van der Waals surface area (Å²) in [5.74, 6) is 0. The summed E-state index contributed by atoms with van der Waals surface area (Å²) in [6.45, 7) is 10.8. The van der Waals surface area contributed by atoms with Gasteiger partial charge in [0, 0.05) is 6.61 Å². The Bertz CT molecular complexity index is 83.1. The van der Waals surface area contributed by atoms with Crippen LogP contribution in [0.5, 0.6) is 0 Å². The van der Waals surface area contributed by atoms with Crippen molar-refractivity contribution in [1.29, 1.82) is 0 Å². The lowest BCUT2D eigenvalue weighted by Gasteiger charge is -2.15. The molecule has 0 aliphatic rings. The second kappa shape index (κ2) is 4.73. The molecular weight excluding hydrogens is 130 g/mol. The average molecular weight is 147 g/mol. The fraction of sp³-hybridized carbons (Fsp3) is 0.667. The van der Waals surface area contributed by atoms with Crippen LogP contribution < -0.4 is 6.15 Å². The van der Waals surface area contributed by atoms with Gasteiger partial charge in [0.15, 0.2) is 0 Å². The molecule has 0 saturated heterocycles. The minimum atomic E-state index is -1.41. The lowest BCUT2D eigenvalue weighted by molar-refractivity contribution is 0.338. The Balaban J connectivity index is 0. The molecule has 9 heavy (non-hydrogen) atoms. The van der Waals surface area contributed by atoms with Crippen LogP contribution in [0.4, 0.5) is 0 Å². The number of hydrogen-bond acceptors (Lipinski definition) is 2. The molecule has 2 nitrogen and oxygen atoms in total. The van der Waals surface area contributed by atoms with Crippen LogP contribution in [-0.2, 0) is 4.43 Å². The summed E-state index contributed by atoms with van der Waals surface area (Å²) in [5, 5.41) is 0. The summed E-state index contributed by atoms with van der Waals surface area (Å²) in [4.78, 5) is 0. The summed E-state index contributed by atoms with van der Waals surface area (Å²) >= 11 is 0. The first-order valence-electron chi connectivity index (χ1n) is 2.90. The Hall–Kier alpha value is -0.123. The fourth-order valence-electron chi connectivity index (χ4n) is 0.431. The molecule has 0 fully saturated rings. The molecule has 0 bridgehead atoms. The zero-order valence-electron chi connectivity index (χ0n) is 6.61. The van der Waals surface area contributed by atoms with Crippen LogP contribution in [-0.4, -0.2) is 14.9 Å². The van der Waals surface area contributed by atoms with Gasteiger partial charge in [-0.05, 0) is 20.0 Å². The largest absolute Gasteiger partial charge is 0.414 e. The maximum atomic E-state index is 5.40. The fourth-order valence-corrected chi connectivity index (χ4v) is 1.29. The summed E-state index contributed by atoms with van der Waals surface area (Å²) in [5.41, 5.74) is 1.94. The monoisotopic (exact) mass is 147 g/mol. The highest BCUT2D eigenvalue weighted by atomic mass is 28.4.